The molecule has 0 bridgehead atoms. The van der Waals surface area contributed by atoms with Gasteiger partial charge in [-0.1, -0.05) is 44.5 Å². The van der Waals surface area contributed by atoms with Crippen LogP contribution < -0.4 is 0 Å². The lowest BCUT2D eigenvalue weighted by atomic mass is 9.49. The van der Waals surface area contributed by atoms with E-state index in [0.29, 0.717) is 12.3 Å². The predicted octanol–water partition coefficient (Wildman–Crippen LogP) is 5.32. The summed E-state index contributed by atoms with van der Waals surface area (Å²) < 4.78 is 1.23. The topological polar surface area (TPSA) is 58.9 Å². The smallest absolute Gasteiger partial charge is 0.309 e. The number of oxime groups is 1. The monoisotopic (exact) mass is 469 g/mol. The van der Waals surface area contributed by atoms with Crippen molar-refractivity contribution in [3.63, 3.8) is 0 Å². The number of halogens is 1. The van der Waals surface area contributed by atoms with E-state index in [2.05, 4.69) is 60.7 Å². The summed E-state index contributed by atoms with van der Waals surface area (Å²) in [6, 6.07) is 4.44. The average molecular weight is 469 g/mol. The van der Waals surface area contributed by atoms with Gasteiger partial charge >= 0.3 is 5.97 Å². The van der Waals surface area contributed by atoms with E-state index in [-0.39, 0.29) is 11.3 Å². The number of carboxylic acid groups (broad SMARTS) is 1. The summed E-state index contributed by atoms with van der Waals surface area (Å²) in [5.74, 6) is -0.248. The van der Waals surface area contributed by atoms with Crippen molar-refractivity contribution in [1.82, 2.24) is 0 Å². The van der Waals surface area contributed by atoms with Crippen LogP contribution in [0, 0.1) is 14.9 Å². The molecule has 0 radical (unpaired) electrons. The van der Waals surface area contributed by atoms with Gasteiger partial charge in [0.05, 0.1) is 11.1 Å². The van der Waals surface area contributed by atoms with Crippen LogP contribution in [0.15, 0.2) is 17.3 Å². The zero-order valence-electron chi connectivity index (χ0n) is 16.2. The minimum atomic E-state index is -0.735. The Hall–Kier alpha value is -1.11. The van der Waals surface area contributed by atoms with Gasteiger partial charge in [0.2, 0.25) is 0 Å². The number of rotatable bonds is 3. The molecule has 3 rings (SSSR count). The summed E-state index contributed by atoms with van der Waals surface area (Å²) >= 11 is 2.43. The van der Waals surface area contributed by atoms with E-state index in [4.69, 9.17) is 4.84 Å². The van der Waals surface area contributed by atoms with Crippen LogP contribution in [0.25, 0.3) is 0 Å². The Balaban J connectivity index is 2.28. The third kappa shape index (κ3) is 2.77. The summed E-state index contributed by atoms with van der Waals surface area (Å²) in [5, 5.41) is 14.4. The van der Waals surface area contributed by atoms with Gasteiger partial charge in [-0.05, 0) is 77.2 Å². The molecule has 0 unspecified atom stereocenters. The van der Waals surface area contributed by atoms with Gasteiger partial charge < -0.3 is 9.94 Å². The fraction of sp³-hybridized carbons (Fsp3) is 0.619. The van der Waals surface area contributed by atoms with Crippen molar-refractivity contribution in [3.05, 3.63) is 32.4 Å². The molecule has 0 aromatic heterocycles. The van der Waals surface area contributed by atoms with Crippen LogP contribution in [0.3, 0.4) is 0 Å². The molecule has 26 heavy (non-hydrogen) atoms. The van der Waals surface area contributed by atoms with Gasteiger partial charge in [0.25, 0.3) is 0 Å². The number of benzene rings is 1. The Bertz CT molecular complexity index is 773. The van der Waals surface area contributed by atoms with Gasteiger partial charge in [0, 0.05) is 9.13 Å². The molecule has 3 atom stereocenters. The second-order valence-corrected chi connectivity index (χ2v) is 9.60. The molecule has 0 heterocycles. The van der Waals surface area contributed by atoms with Gasteiger partial charge in [0.15, 0.2) is 0 Å². The summed E-state index contributed by atoms with van der Waals surface area (Å²) in [4.78, 5) is 17.4. The van der Waals surface area contributed by atoms with E-state index in [9.17, 15) is 9.90 Å². The minimum Gasteiger partial charge on any atom is -0.481 e. The molecule has 1 fully saturated rings. The molecule has 1 saturated carbocycles. The molecule has 0 saturated heterocycles. The quantitative estimate of drug-likeness (QED) is 0.482. The standard InChI is InChI=1S/C21H28INO3/c1-12(2)13-7-8-14-17(18(13)22)15(23-26-5)11-16-20(14,3)9-6-10-21(16,4)19(24)25/h7-8,12,16H,6,9-11H2,1-5H3,(H,24,25)/t16-,20-,21-/m1/s1. The number of hydrogen-bond acceptors (Lipinski definition) is 3. The van der Waals surface area contributed by atoms with E-state index in [1.807, 2.05) is 6.92 Å². The highest BCUT2D eigenvalue weighted by molar-refractivity contribution is 14.1. The van der Waals surface area contributed by atoms with Crippen LogP contribution in [-0.2, 0) is 15.0 Å². The predicted molar refractivity (Wildman–Crippen MR) is 112 cm³/mol. The van der Waals surface area contributed by atoms with Crippen LogP contribution in [-0.4, -0.2) is 23.9 Å². The Morgan fingerprint density at radius 1 is 1.35 bits per heavy atom. The highest BCUT2D eigenvalue weighted by Gasteiger charge is 2.56. The first-order valence-corrected chi connectivity index (χ1v) is 10.4. The Morgan fingerprint density at radius 3 is 2.62 bits per heavy atom. The van der Waals surface area contributed by atoms with Gasteiger partial charge in [-0.2, -0.15) is 0 Å². The maximum atomic E-state index is 12.2. The molecule has 0 aliphatic heterocycles. The van der Waals surface area contributed by atoms with E-state index >= 15 is 0 Å². The minimum absolute atomic E-state index is 0.0170. The highest BCUT2D eigenvalue weighted by Crippen LogP contribution is 2.58. The summed E-state index contributed by atoms with van der Waals surface area (Å²) in [5.41, 5.74) is 3.74. The largest absolute Gasteiger partial charge is 0.481 e. The molecular formula is C21H28INO3. The van der Waals surface area contributed by atoms with Gasteiger partial charge in [-0.15, -0.1) is 0 Å². The molecule has 2 aliphatic carbocycles. The second-order valence-electron chi connectivity index (χ2n) is 8.52. The van der Waals surface area contributed by atoms with Crippen molar-refractivity contribution in [1.29, 1.82) is 0 Å². The summed E-state index contributed by atoms with van der Waals surface area (Å²) in [7, 11) is 1.57. The molecule has 142 valence electrons. The van der Waals surface area contributed by atoms with Crippen LogP contribution in [0.2, 0.25) is 0 Å². The number of aliphatic carboxylic acids is 1. The lowest BCUT2D eigenvalue weighted by Gasteiger charge is -2.53. The van der Waals surface area contributed by atoms with E-state index in [1.165, 1.54) is 20.3 Å². The first-order chi connectivity index (χ1) is 12.2. The number of carbonyl (C=O) groups is 1. The molecule has 2 aliphatic rings. The van der Waals surface area contributed by atoms with Crippen molar-refractivity contribution in [2.45, 2.75) is 64.7 Å². The van der Waals surface area contributed by atoms with Crippen LogP contribution >= 0.6 is 22.6 Å². The average Bonchev–Trinajstić information content (AvgIpc) is 2.56. The molecule has 0 spiro atoms. The molecule has 5 heteroatoms. The molecule has 1 N–H and O–H groups in total. The van der Waals surface area contributed by atoms with Crippen LogP contribution in [0.5, 0.6) is 0 Å². The van der Waals surface area contributed by atoms with E-state index < -0.39 is 11.4 Å². The lowest BCUT2D eigenvalue weighted by Crippen LogP contribution is -2.53. The van der Waals surface area contributed by atoms with Gasteiger partial charge in [0.1, 0.15) is 7.11 Å². The first-order valence-electron chi connectivity index (χ1n) is 9.33. The van der Waals surface area contributed by atoms with Crippen molar-refractivity contribution in [2.24, 2.45) is 16.5 Å². The maximum Gasteiger partial charge on any atom is 0.309 e. The zero-order valence-corrected chi connectivity index (χ0v) is 18.4. The highest BCUT2D eigenvalue weighted by atomic mass is 127. The number of fused-ring (bicyclic) bond motifs is 3. The number of nitrogens with zero attached hydrogens (tertiary/aromatic N) is 1. The summed E-state index contributed by atoms with van der Waals surface area (Å²) in [6.07, 6.45) is 3.33. The van der Waals surface area contributed by atoms with Crippen molar-refractivity contribution < 1.29 is 14.7 Å². The number of carboxylic acids is 1. The lowest BCUT2D eigenvalue weighted by molar-refractivity contribution is -0.156. The second kappa shape index (κ2) is 6.80. The SMILES string of the molecule is CON=C1C[C@H]2[C@](C)(C(=O)O)CCC[C@]2(C)c2ccc(C(C)C)c(I)c21. The molecule has 4 nitrogen and oxygen atoms in total. The molecule has 0 amide bonds. The van der Waals surface area contributed by atoms with Gasteiger partial charge in [-0.25, -0.2) is 0 Å². The fourth-order valence-corrected chi connectivity index (χ4v) is 6.59. The normalized spacial score (nSPS) is 32.3. The molecular weight excluding hydrogens is 441 g/mol. The Labute approximate surface area is 169 Å². The zero-order chi connectivity index (χ0) is 19.3. The van der Waals surface area contributed by atoms with E-state index in [1.54, 1.807) is 7.11 Å². The molecule has 1 aromatic rings. The Kier molecular flexibility index (Phi) is 5.14. The van der Waals surface area contributed by atoms with Crippen LogP contribution in [0.4, 0.5) is 0 Å². The summed E-state index contributed by atoms with van der Waals surface area (Å²) in [6.45, 7) is 8.57. The molecule has 1 aromatic carbocycles. The fourth-order valence-electron chi connectivity index (χ4n) is 5.19. The third-order valence-electron chi connectivity index (χ3n) is 6.72. The number of hydrogen-bond donors (Lipinski definition) is 1. The first kappa shape index (κ1) is 19.6. The maximum absolute atomic E-state index is 12.2. The Morgan fingerprint density at radius 2 is 2.04 bits per heavy atom. The van der Waals surface area contributed by atoms with Crippen molar-refractivity contribution in [2.75, 3.05) is 7.11 Å². The third-order valence-corrected chi connectivity index (χ3v) is 7.88. The van der Waals surface area contributed by atoms with Crippen LogP contribution in [0.1, 0.15) is 76.0 Å². The van der Waals surface area contributed by atoms with E-state index in [0.717, 1.165) is 25.0 Å². The van der Waals surface area contributed by atoms with Crippen molar-refractivity contribution in [3.8, 4) is 0 Å². The van der Waals surface area contributed by atoms with Crippen molar-refractivity contribution >= 4 is 34.3 Å². The van der Waals surface area contributed by atoms with Gasteiger partial charge in [-0.3, -0.25) is 4.79 Å².